The zero-order valence-corrected chi connectivity index (χ0v) is 12.7. The van der Waals surface area contributed by atoms with E-state index in [9.17, 15) is 4.79 Å². The zero-order chi connectivity index (χ0) is 13.4. The summed E-state index contributed by atoms with van der Waals surface area (Å²) in [5.41, 5.74) is 0. The van der Waals surface area contributed by atoms with Crippen LogP contribution in [0.5, 0.6) is 0 Å². The van der Waals surface area contributed by atoms with Gasteiger partial charge in [0.2, 0.25) is 5.82 Å². The number of nitrogens with zero attached hydrogens (tertiary/aromatic N) is 4. The van der Waals surface area contributed by atoms with Crippen LogP contribution in [-0.4, -0.2) is 31.1 Å². The van der Waals surface area contributed by atoms with Crippen LogP contribution < -0.4 is 5.32 Å². The fourth-order valence-electron chi connectivity index (χ4n) is 1.51. The molecule has 1 aliphatic rings. The SMILES string of the molecule is O=C(Nc1ncc(Br)nc1Br)c1n[nH]c(C2CC2)n1. The van der Waals surface area contributed by atoms with E-state index >= 15 is 0 Å². The number of carbonyl (C=O) groups is 1. The number of aromatic nitrogens is 5. The molecule has 1 amide bonds. The average molecular weight is 388 g/mol. The van der Waals surface area contributed by atoms with Crippen LogP contribution in [0.2, 0.25) is 0 Å². The molecule has 2 N–H and O–H groups in total. The molecule has 9 heteroatoms. The fourth-order valence-corrected chi connectivity index (χ4v) is 2.42. The van der Waals surface area contributed by atoms with Gasteiger partial charge in [-0.05, 0) is 44.7 Å². The Bertz CT molecular complexity index is 639. The Balaban J connectivity index is 1.76. The number of carbonyl (C=O) groups excluding carboxylic acids is 1. The second-order valence-electron chi connectivity index (χ2n) is 4.10. The van der Waals surface area contributed by atoms with Gasteiger partial charge >= 0.3 is 0 Å². The van der Waals surface area contributed by atoms with E-state index < -0.39 is 5.91 Å². The summed E-state index contributed by atoms with van der Waals surface area (Å²) in [6.45, 7) is 0. The molecule has 19 heavy (non-hydrogen) atoms. The van der Waals surface area contributed by atoms with Gasteiger partial charge in [0.15, 0.2) is 5.82 Å². The van der Waals surface area contributed by atoms with Crippen molar-refractivity contribution in [2.75, 3.05) is 5.32 Å². The monoisotopic (exact) mass is 386 g/mol. The molecule has 2 aromatic heterocycles. The van der Waals surface area contributed by atoms with Gasteiger partial charge in [0.05, 0.1) is 6.20 Å². The smallest absolute Gasteiger partial charge is 0.296 e. The molecule has 0 unspecified atom stereocenters. The first-order chi connectivity index (χ1) is 9.13. The predicted octanol–water partition coefficient (Wildman–Crippen LogP) is 2.25. The lowest BCUT2D eigenvalue weighted by Gasteiger charge is -2.03. The Labute approximate surface area is 124 Å². The number of hydrogen-bond donors (Lipinski definition) is 2. The van der Waals surface area contributed by atoms with Crippen LogP contribution in [-0.2, 0) is 0 Å². The highest BCUT2D eigenvalue weighted by Gasteiger charge is 2.28. The van der Waals surface area contributed by atoms with Crippen molar-refractivity contribution < 1.29 is 4.79 Å². The van der Waals surface area contributed by atoms with Crippen molar-refractivity contribution in [3.05, 3.63) is 27.1 Å². The van der Waals surface area contributed by atoms with Crippen LogP contribution in [0, 0.1) is 0 Å². The standard InChI is InChI=1S/C10H8Br2N6O/c11-5-3-13-8(6(12)14-5)16-10(19)9-15-7(17-18-9)4-1-2-4/h3-4H,1-2H2,(H,13,16,19)(H,15,17,18). The van der Waals surface area contributed by atoms with Crippen LogP contribution in [0.25, 0.3) is 0 Å². The molecule has 0 spiro atoms. The van der Waals surface area contributed by atoms with E-state index in [-0.39, 0.29) is 5.82 Å². The number of aromatic amines is 1. The second kappa shape index (κ2) is 4.97. The Kier molecular flexibility index (Phi) is 3.31. The van der Waals surface area contributed by atoms with E-state index in [0.717, 1.165) is 18.7 Å². The number of halogens is 2. The first-order valence-corrected chi connectivity index (χ1v) is 7.14. The van der Waals surface area contributed by atoms with Crippen LogP contribution in [0.15, 0.2) is 15.4 Å². The molecule has 0 bridgehead atoms. The summed E-state index contributed by atoms with van der Waals surface area (Å²) in [6, 6.07) is 0. The maximum atomic E-state index is 12.0. The third-order valence-corrected chi connectivity index (χ3v) is 3.54. The Morgan fingerprint density at radius 2 is 2.16 bits per heavy atom. The Morgan fingerprint density at radius 3 is 2.84 bits per heavy atom. The zero-order valence-electron chi connectivity index (χ0n) is 9.52. The minimum atomic E-state index is -0.416. The summed E-state index contributed by atoms with van der Waals surface area (Å²) in [5.74, 6) is 1.21. The lowest BCUT2D eigenvalue weighted by atomic mass is 10.4. The van der Waals surface area contributed by atoms with Gasteiger partial charge in [-0.3, -0.25) is 9.89 Å². The molecule has 0 atom stereocenters. The first kappa shape index (κ1) is 12.7. The number of H-pyrrole nitrogens is 1. The van der Waals surface area contributed by atoms with Gasteiger partial charge in [-0.1, -0.05) is 0 Å². The summed E-state index contributed by atoms with van der Waals surface area (Å²) >= 11 is 6.41. The summed E-state index contributed by atoms with van der Waals surface area (Å²) in [6.07, 6.45) is 3.69. The highest BCUT2D eigenvalue weighted by molar-refractivity contribution is 9.11. The van der Waals surface area contributed by atoms with Crippen LogP contribution in [0.3, 0.4) is 0 Å². The van der Waals surface area contributed by atoms with Crippen molar-refractivity contribution in [2.45, 2.75) is 18.8 Å². The molecule has 0 aromatic carbocycles. The summed E-state index contributed by atoms with van der Waals surface area (Å²) in [4.78, 5) is 24.2. The van der Waals surface area contributed by atoms with E-state index in [1.165, 1.54) is 6.20 Å². The highest BCUT2D eigenvalue weighted by Crippen LogP contribution is 2.37. The number of rotatable bonds is 3. The molecule has 1 saturated carbocycles. The van der Waals surface area contributed by atoms with Crippen LogP contribution in [0.4, 0.5) is 5.82 Å². The Hall–Kier alpha value is -1.35. The van der Waals surface area contributed by atoms with Crippen molar-refractivity contribution in [3.63, 3.8) is 0 Å². The van der Waals surface area contributed by atoms with Gasteiger partial charge < -0.3 is 5.32 Å². The molecule has 98 valence electrons. The fraction of sp³-hybridized carbons (Fsp3) is 0.300. The van der Waals surface area contributed by atoms with E-state index in [0.29, 0.717) is 20.9 Å². The maximum Gasteiger partial charge on any atom is 0.296 e. The van der Waals surface area contributed by atoms with E-state index in [4.69, 9.17) is 0 Å². The average Bonchev–Trinajstić information content (AvgIpc) is 3.10. The lowest BCUT2D eigenvalue weighted by Crippen LogP contribution is -2.15. The molecule has 0 aliphatic heterocycles. The van der Waals surface area contributed by atoms with Gasteiger partial charge in [0.25, 0.3) is 5.91 Å². The molecule has 0 saturated heterocycles. The largest absolute Gasteiger partial charge is 0.301 e. The molecular weight excluding hydrogens is 380 g/mol. The third kappa shape index (κ3) is 2.81. The molecule has 0 radical (unpaired) electrons. The van der Waals surface area contributed by atoms with Gasteiger partial charge in [-0.25, -0.2) is 15.0 Å². The minimum absolute atomic E-state index is 0.110. The lowest BCUT2D eigenvalue weighted by molar-refractivity contribution is 0.101. The molecule has 3 rings (SSSR count). The van der Waals surface area contributed by atoms with Crippen LogP contribution in [0.1, 0.15) is 35.2 Å². The summed E-state index contributed by atoms with van der Waals surface area (Å²) < 4.78 is 1.01. The van der Waals surface area contributed by atoms with Gasteiger partial charge in [0.1, 0.15) is 15.0 Å². The molecule has 1 fully saturated rings. The van der Waals surface area contributed by atoms with E-state index in [2.05, 4.69) is 62.3 Å². The van der Waals surface area contributed by atoms with E-state index in [1.54, 1.807) is 0 Å². The van der Waals surface area contributed by atoms with Crippen molar-refractivity contribution >= 4 is 43.6 Å². The number of anilines is 1. The topological polar surface area (TPSA) is 96.5 Å². The molecule has 7 nitrogen and oxygen atoms in total. The van der Waals surface area contributed by atoms with Crippen molar-refractivity contribution in [2.24, 2.45) is 0 Å². The van der Waals surface area contributed by atoms with Crippen LogP contribution >= 0.6 is 31.9 Å². The van der Waals surface area contributed by atoms with Gasteiger partial charge in [-0.15, -0.1) is 5.10 Å². The predicted molar refractivity (Wildman–Crippen MR) is 73.7 cm³/mol. The normalized spacial score (nSPS) is 14.4. The van der Waals surface area contributed by atoms with Crippen molar-refractivity contribution in [1.82, 2.24) is 25.1 Å². The number of amides is 1. The van der Waals surface area contributed by atoms with Crippen molar-refractivity contribution in [3.8, 4) is 0 Å². The van der Waals surface area contributed by atoms with Crippen molar-refractivity contribution in [1.29, 1.82) is 0 Å². The minimum Gasteiger partial charge on any atom is -0.301 e. The molecule has 2 aromatic rings. The first-order valence-electron chi connectivity index (χ1n) is 5.55. The molecule has 1 aliphatic carbocycles. The summed E-state index contributed by atoms with van der Waals surface area (Å²) in [7, 11) is 0. The molecule has 2 heterocycles. The molecular formula is C10H8Br2N6O. The number of hydrogen-bond acceptors (Lipinski definition) is 5. The number of nitrogens with one attached hydrogen (secondary N) is 2. The second-order valence-corrected chi connectivity index (χ2v) is 5.67. The Morgan fingerprint density at radius 1 is 1.37 bits per heavy atom. The third-order valence-electron chi connectivity index (χ3n) is 2.60. The highest BCUT2D eigenvalue weighted by atomic mass is 79.9. The van der Waals surface area contributed by atoms with E-state index in [1.807, 2.05) is 0 Å². The summed E-state index contributed by atoms with van der Waals surface area (Å²) in [5, 5.41) is 9.28. The quantitative estimate of drug-likeness (QED) is 0.841. The van der Waals surface area contributed by atoms with Gasteiger partial charge in [-0.2, -0.15) is 0 Å². The van der Waals surface area contributed by atoms with Gasteiger partial charge in [0, 0.05) is 5.92 Å². The maximum absolute atomic E-state index is 12.0.